The second kappa shape index (κ2) is 35.6. The Morgan fingerprint density at radius 1 is 0.338 bits per heavy atom. The van der Waals surface area contributed by atoms with Gasteiger partial charge in [-0.25, -0.2) is 19.9 Å². The van der Waals surface area contributed by atoms with E-state index in [1.54, 1.807) is 16.1 Å². The number of fused-ring (bicyclic) bond motifs is 25. The van der Waals surface area contributed by atoms with Crippen LogP contribution in [0, 0.1) is 69.1 Å². The van der Waals surface area contributed by atoms with E-state index in [4.69, 9.17) is 4.98 Å². The molecule has 4 bridgehead atoms. The van der Waals surface area contributed by atoms with Gasteiger partial charge >= 0.3 is 0 Å². The number of anilines is 5. The lowest BCUT2D eigenvalue weighted by atomic mass is 9.47. The van der Waals surface area contributed by atoms with Gasteiger partial charge in [-0.1, -0.05) is 248 Å². The zero-order valence-electron chi connectivity index (χ0n) is 87.8. The van der Waals surface area contributed by atoms with Crippen LogP contribution in [-0.4, -0.2) is 55.8 Å². The highest BCUT2D eigenvalue weighted by Crippen LogP contribution is 2.71. The summed E-state index contributed by atoms with van der Waals surface area (Å²) in [6.07, 6.45) is 35.1. The van der Waals surface area contributed by atoms with Gasteiger partial charge in [-0.2, -0.15) is 0 Å². The van der Waals surface area contributed by atoms with Gasteiger partial charge in [0, 0.05) is 133 Å². The summed E-state index contributed by atoms with van der Waals surface area (Å²) in [6, 6.07) is 42.7. The molecule has 136 heavy (non-hydrogen) atoms. The summed E-state index contributed by atoms with van der Waals surface area (Å²) in [5.41, 5.74) is 30.9. The Balaban J connectivity index is 0.000000111. The fourth-order valence-electron chi connectivity index (χ4n) is 29.0. The Labute approximate surface area is 820 Å². The van der Waals surface area contributed by atoms with Crippen LogP contribution in [0.5, 0.6) is 0 Å². The van der Waals surface area contributed by atoms with Gasteiger partial charge in [-0.15, -0.1) is 22.7 Å². The number of nitrogens with zero attached hydrogens (tertiary/aromatic N) is 17. The highest BCUT2D eigenvalue weighted by Gasteiger charge is 2.68. The number of benzene rings is 5. The van der Waals surface area contributed by atoms with Crippen LogP contribution in [0.3, 0.4) is 0 Å². The molecule has 3 spiro atoms. The Morgan fingerprint density at radius 2 is 0.676 bits per heavy atom. The topological polar surface area (TPSA) is 105 Å². The van der Waals surface area contributed by atoms with Crippen molar-refractivity contribution >= 4 is 83.6 Å². The lowest BCUT2D eigenvalue weighted by Gasteiger charge is -2.63. The molecule has 7 aliphatic heterocycles. The summed E-state index contributed by atoms with van der Waals surface area (Å²) in [6.45, 7) is 60.8. The van der Waals surface area contributed by atoms with Crippen LogP contribution in [0.15, 0.2) is 170 Å². The molecule has 0 saturated heterocycles. The molecule has 13 aliphatic rings. The fraction of sp³-hybridized carbons (Fsp3) is 0.521. The van der Waals surface area contributed by atoms with Gasteiger partial charge < -0.3 is 42.8 Å². The number of imidazole rings is 8. The number of aryl methyl sites for hydroxylation is 9. The zero-order chi connectivity index (χ0) is 97.0. The number of thiophene rings is 2. The fourth-order valence-corrected chi connectivity index (χ4v) is 31.4. The molecule has 0 radical (unpaired) electrons. The summed E-state index contributed by atoms with van der Waals surface area (Å²) in [4.78, 5) is 33.6. The molecule has 0 amide bonds. The SMILES string of the molecule is CC.CC.CC.CC.CC.Cc1cccc2c1N1Cc3c(n4ccnc4n3C)C1(C)C(C)(C)C2(C)C.Cc1cccc2c1N1Cc3sc4sccc4c3C1(C)C(C)(C)C2(C)C.Cc1ccccc1N1Cc2c(n3ccnc3n2C)C12C1CC3CC(C1)CC2C3.Cc1ccccc1N1Cc2c(n3ccnc3n2C)C12CCCC2.Cc1ccccc1N1Cc2c(n3ccnc3n2C)C12CCCCC2. The number of aromatic nitrogens is 12. The normalized spacial score (nSPS) is 23.7. The maximum atomic E-state index is 4.70. The third-order valence-electron chi connectivity index (χ3n) is 36.7. The van der Waals surface area contributed by atoms with E-state index < -0.39 is 0 Å². The molecule has 28 rings (SSSR count). The van der Waals surface area contributed by atoms with Crippen LogP contribution in [0.1, 0.15) is 323 Å². The van der Waals surface area contributed by atoms with Crippen molar-refractivity contribution in [2.75, 3.05) is 24.5 Å². The molecule has 10 aromatic heterocycles. The van der Waals surface area contributed by atoms with Crippen molar-refractivity contribution in [3.8, 4) is 0 Å². The second-order valence-corrected chi connectivity index (χ2v) is 44.9. The molecule has 5 aromatic carbocycles. The molecule has 6 aliphatic carbocycles. The molecule has 19 heteroatoms. The Bertz CT molecular complexity index is 6870. The molecule has 15 aromatic rings. The van der Waals surface area contributed by atoms with Crippen LogP contribution >= 0.6 is 22.7 Å². The molecule has 17 heterocycles. The maximum absolute atomic E-state index is 4.70. The van der Waals surface area contributed by atoms with E-state index >= 15 is 0 Å². The molecular formula is C117H157N17S2. The van der Waals surface area contributed by atoms with Gasteiger partial charge in [0.05, 0.1) is 110 Å². The molecule has 6 saturated carbocycles. The predicted octanol–water partition coefficient (Wildman–Crippen LogP) is 29.1. The van der Waals surface area contributed by atoms with Gasteiger partial charge in [-0.3, -0.25) is 17.6 Å². The van der Waals surface area contributed by atoms with E-state index in [2.05, 4.69) is 353 Å². The van der Waals surface area contributed by atoms with Crippen molar-refractivity contribution in [1.29, 1.82) is 0 Å². The van der Waals surface area contributed by atoms with E-state index in [0.717, 1.165) is 79.5 Å². The Kier molecular flexibility index (Phi) is 25.1. The number of hydrogen-bond donors (Lipinski definition) is 0. The average molecular weight is 1870 g/mol. The minimum atomic E-state index is -0.106. The predicted molar refractivity (Wildman–Crippen MR) is 572 cm³/mol. The van der Waals surface area contributed by atoms with Crippen molar-refractivity contribution in [3.05, 3.63) is 265 Å². The minimum Gasteiger partial charge on any atom is -0.356 e. The average Bonchev–Trinajstić information content (AvgIpc) is 1.50. The number of hydrogen-bond acceptors (Lipinski definition) is 11. The van der Waals surface area contributed by atoms with E-state index in [1.165, 1.54) is 207 Å². The highest BCUT2D eigenvalue weighted by molar-refractivity contribution is 7.37. The molecule has 0 N–H and O–H groups in total. The molecule has 2 unspecified atom stereocenters. The first-order valence-corrected chi connectivity index (χ1v) is 54.0. The summed E-state index contributed by atoms with van der Waals surface area (Å²) in [7, 11) is 8.69. The van der Waals surface area contributed by atoms with Crippen LogP contribution < -0.4 is 24.5 Å². The number of para-hydroxylation sites is 5. The van der Waals surface area contributed by atoms with Gasteiger partial charge in [0.1, 0.15) is 0 Å². The summed E-state index contributed by atoms with van der Waals surface area (Å²) >= 11 is 3.91. The largest absolute Gasteiger partial charge is 0.356 e. The smallest absolute Gasteiger partial charge is 0.214 e. The van der Waals surface area contributed by atoms with Gasteiger partial charge in [0.2, 0.25) is 23.1 Å². The van der Waals surface area contributed by atoms with Crippen molar-refractivity contribution < 1.29 is 0 Å². The van der Waals surface area contributed by atoms with E-state index in [-0.39, 0.29) is 49.4 Å². The molecule has 6 fully saturated rings. The summed E-state index contributed by atoms with van der Waals surface area (Å²) in [5, 5.41) is 3.75. The van der Waals surface area contributed by atoms with Crippen molar-refractivity contribution in [1.82, 2.24) is 55.8 Å². The monoisotopic (exact) mass is 1860 g/mol. The van der Waals surface area contributed by atoms with Crippen LogP contribution in [0.2, 0.25) is 0 Å². The van der Waals surface area contributed by atoms with Gasteiger partial charge in [0.25, 0.3) is 0 Å². The van der Waals surface area contributed by atoms with Crippen molar-refractivity contribution in [2.24, 2.45) is 62.7 Å². The number of rotatable bonds is 3. The summed E-state index contributed by atoms with van der Waals surface area (Å²) < 4.78 is 20.2. The first-order chi connectivity index (χ1) is 65.5. The highest BCUT2D eigenvalue weighted by atomic mass is 32.2. The lowest BCUT2D eigenvalue weighted by Crippen LogP contribution is -2.62. The van der Waals surface area contributed by atoms with E-state index in [0.29, 0.717) is 0 Å². The first-order valence-electron chi connectivity index (χ1n) is 52.3. The second-order valence-electron chi connectivity index (χ2n) is 42.7. The molecule has 17 nitrogen and oxygen atoms in total. The molecular weight excluding hydrogens is 1710 g/mol. The first kappa shape index (κ1) is 96.0. The van der Waals surface area contributed by atoms with Crippen LogP contribution in [0.4, 0.5) is 28.4 Å². The zero-order valence-corrected chi connectivity index (χ0v) is 89.5. The molecule has 722 valence electrons. The maximum Gasteiger partial charge on any atom is 0.214 e. The van der Waals surface area contributed by atoms with Crippen molar-refractivity contribution in [3.63, 3.8) is 0 Å². The Hall–Kier alpha value is -10.2. The van der Waals surface area contributed by atoms with E-state index in [1.807, 2.05) is 117 Å². The third-order valence-corrected chi connectivity index (χ3v) is 38.9. The van der Waals surface area contributed by atoms with Gasteiger partial charge in [0.15, 0.2) is 0 Å². The molecule has 2 atom stereocenters. The van der Waals surface area contributed by atoms with Crippen LogP contribution in [-0.2, 0) is 99.4 Å². The third kappa shape index (κ3) is 13.2. The lowest BCUT2D eigenvalue weighted by molar-refractivity contribution is -0.0608. The summed E-state index contributed by atoms with van der Waals surface area (Å²) in [5.74, 6) is 7.80. The van der Waals surface area contributed by atoms with E-state index in [9.17, 15) is 0 Å². The van der Waals surface area contributed by atoms with Gasteiger partial charge in [-0.05, 0) is 209 Å². The minimum absolute atomic E-state index is 0.0181. The van der Waals surface area contributed by atoms with Crippen molar-refractivity contribution in [2.45, 2.75) is 334 Å². The standard InChI is InChI=1S/C24H28N4.C22H28N4.C22H25NS2.C20H24N4.C19H22N4.5C2H6/c1-15-5-3-4-6-20(15)28-14-21-22(27-8-7-25-23(27)26(21)2)24(28)18-10-16-9-17(12-18)13-19(24)11-16;1-14-9-8-10-15-17(14)26-13-16-18(25-12-11-23-19(25)24(16)7)22(26,6)21(4,5)20(15,2)3;1-13-8-7-9-15-18(13)23-12-16-17(14-10-11-24-19(14)25-16)22(23,6)21(4,5)20(15,2)3;1-15-8-4-5-9-16(15)24-14-17-18(20(24)10-6-3-7-11-20)23-13-12-21-19(23)22(17)2;1-14-7-3-4-8-15(14)23-13-16-17(19(23)9-5-6-10-19)22-12-11-20-18(22)21(16)2;5*1-2/h3-8,16-19H,9-14H2,1-2H3;8-12H,13H2,1-7H3;7-11H,12H2,1-6H3;4-5,8-9,12-13H,3,6-7,10-11,14H2,1-2H3;3-4,7-8,11-12H,5-6,9-10,13H2,1-2H3;5*1-2H3. The quantitative estimate of drug-likeness (QED) is 0.171. The van der Waals surface area contributed by atoms with Crippen LogP contribution in [0.25, 0.3) is 32.5 Å². The Morgan fingerprint density at radius 3 is 1.10 bits per heavy atom.